The number of nitrogens with one attached hydrogen (secondary N) is 1. The molecule has 0 radical (unpaired) electrons. The Balaban J connectivity index is 1.15. The fourth-order valence-electron chi connectivity index (χ4n) is 5.71. The molecular weight excluding hydrogens is 799 g/mol. The highest BCUT2D eigenvalue weighted by atomic mass is 33.1. The lowest BCUT2D eigenvalue weighted by Gasteiger charge is -2.12. The summed E-state index contributed by atoms with van der Waals surface area (Å²) in [5.41, 5.74) is 10.3. The van der Waals surface area contributed by atoms with Crippen LogP contribution in [0.3, 0.4) is 0 Å². The molecule has 2 heterocycles. The van der Waals surface area contributed by atoms with Crippen LogP contribution in [0.15, 0.2) is 96.2 Å². The van der Waals surface area contributed by atoms with Gasteiger partial charge in [-0.1, -0.05) is 97.3 Å². The second kappa shape index (κ2) is 22.3. The molecule has 57 heavy (non-hydrogen) atoms. The first kappa shape index (κ1) is 41.9. The zero-order chi connectivity index (χ0) is 39.7. The quantitative estimate of drug-likeness (QED) is 0.0556. The fourth-order valence-corrected chi connectivity index (χ4v) is 9.93. The van der Waals surface area contributed by atoms with Gasteiger partial charge < -0.3 is 14.2 Å². The standard InChI is InChI=1S/C42H43N5O6S4/c1-51-42(50)12-14-55-56-28-33-10-6-9-32(16-33)27-52-38-19-34(25-48)17-36(21-38)40-24-47(46-44-40)37-18-35-20-39(22-37)53-26-31-8-5-7-30(15-31)23-43-45-41(49)11-3-2-4-13-54-57-29-35/h5-10,15-25H,2-4,11-14,26-29H2,1H3,(H,45,49)/b43-23-. The van der Waals surface area contributed by atoms with E-state index in [-0.39, 0.29) is 11.9 Å². The highest BCUT2D eigenvalue weighted by Crippen LogP contribution is 2.32. The number of nitrogens with zero attached hydrogens (tertiary/aromatic N) is 4. The van der Waals surface area contributed by atoms with Crippen LogP contribution in [0.1, 0.15) is 70.3 Å². The maximum absolute atomic E-state index is 12.2. The van der Waals surface area contributed by atoms with Gasteiger partial charge in [-0.15, -0.1) is 5.10 Å². The Bertz CT molecular complexity index is 2160. The number of aromatic nitrogens is 3. The molecule has 11 nitrogen and oxygen atoms in total. The highest BCUT2D eigenvalue weighted by Gasteiger charge is 2.13. The first-order valence-corrected chi connectivity index (χ1v) is 23.4. The van der Waals surface area contributed by atoms with Crippen molar-refractivity contribution in [3.8, 4) is 28.4 Å². The van der Waals surface area contributed by atoms with Crippen molar-refractivity contribution in [1.29, 1.82) is 0 Å². The Morgan fingerprint density at radius 3 is 2.75 bits per heavy atom. The van der Waals surface area contributed by atoms with Crippen LogP contribution in [0.5, 0.6) is 11.5 Å². The number of amides is 1. The normalized spacial score (nSPS) is 14.4. The van der Waals surface area contributed by atoms with Crippen LogP contribution in [-0.4, -0.2) is 58.0 Å². The summed E-state index contributed by atoms with van der Waals surface area (Å²) in [5.74, 6) is 4.22. The number of benzene rings is 4. The smallest absolute Gasteiger partial charge is 0.306 e. The summed E-state index contributed by atoms with van der Waals surface area (Å²) in [7, 11) is 8.34. The van der Waals surface area contributed by atoms with E-state index in [1.807, 2.05) is 65.5 Å². The monoisotopic (exact) mass is 841 g/mol. The van der Waals surface area contributed by atoms with Gasteiger partial charge in [0.1, 0.15) is 36.7 Å². The summed E-state index contributed by atoms with van der Waals surface area (Å²) >= 11 is 0. The summed E-state index contributed by atoms with van der Waals surface area (Å²) in [5, 5.41) is 13.1. The summed E-state index contributed by atoms with van der Waals surface area (Å²) < 4.78 is 19.0. The van der Waals surface area contributed by atoms with Gasteiger partial charge in [0.15, 0.2) is 0 Å². The van der Waals surface area contributed by atoms with Crippen LogP contribution >= 0.6 is 43.2 Å². The zero-order valence-corrected chi connectivity index (χ0v) is 34.7. The number of hydrogen-bond acceptors (Lipinski definition) is 13. The molecular formula is C42H43N5O6S4. The van der Waals surface area contributed by atoms with E-state index in [1.54, 1.807) is 55.4 Å². The number of esters is 1. The Kier molecular flexibility index (Phi) is 16.4. The number of carbonyl (C=O) groups is 3. The third kappa shape index (κ3) is 13.7. The number of hydrazone groups is 1. The van der Waals surface area contributed by atoms with Crippen LogP contribution in [0.4, 0.5) is 0 Å². The molecule has 0 unspecified atom stereocenters. The molecule has 0 saturated heterocycles. The molecule has 1 aliphatic heterocycles. The largest absolute Gasteiger partial charge is 0.489 e. The van der Waals surface area contributed by atoms with Crippen molar-refractivity contribution in [3.05, 3.63) is 125 Å². The number of rotatable bonds is 12. The third-order valence-electron chi connectivity index (χ3n) is 8.59. The SMILES string of the molecule is COC(=O)CCSSCc1cccc(COc2cc(C=O)cc(-c3cn(-c4cc5cc(c4)OCc4cccc(c4)/C=N\NC(=O)CCCCCSSC5)nn3)c2)c1. The molecule has 0 spiro atoms. The van der Waals surface area contributed by atoms with E-state index in [4.69, 9.17) is 14.2 Å². The van der Waals surface area contributed by atoms with Crippen LogP contribution in [0.2, 0.25) is 0 Å². The maximum atomic E-state index is 12.2. The Morgan fingerprint density at radius 1 is 0.965 bits per heavy atom. The van der Waals surface area contributed by atoms with Gasteiger partial charge in [-0.2, -0.15) is 5.10 Å². The van der Waals surface area contributed by atoms with E-state index in [2.05, 4.69) is 45.1 Å². The number of fused-ring (bicyclic) bond motifs is 4. The molecule has 0 saturated carbocycles. The van der Waals surface area contributed by atoms with E-state index in [0.717, 1.165) is 76.3 Å². The van der Waals surface area contributed by atoms with Crippen LogP contribution in [0.25, 0.3) is 16.9 Å². The predicted molar refractivity (Wildman–Crippen MR) is 232 cm³/mol. The van der Waals surface area contributed by atoms with Gasteiger partial charge in [-0.05, 0) is 77.1 Å². The fraction of sp³-hybridized carbons (Fsp3) is 0.286. The van der Waals surface area contributed by atoms with E-state index in [9.17, 15) is 14.4 Å². The molecule has 1 N–H and O–H groups in total. The third-order valence-corrected chi connectivity index (χ3v) is 13.4. The summed E-state index contributed by atoms with van der Waals surface area (Å²) in [4.78, 5) is 35.5. The van der Waals surface area contributed by atoms with Crippen LogP contribution in [-0.2, 0) is 39.0 Å². The lowest BCUT2D eigenvalue weighted by molar-refractivity contribution is -0.140. The predicted octanol–water partition coefficient (Wildman–Crippen LogP) is 9.25. The number of ether oxygens (including phenoxy) is 3. The minimum absolute atomic E-state index is 0.0741. The molecule has 1 aromatic heterocycles. The maximum Gasteiger partial charge on any atom is 0.306 e. The van der Waals surface area contributed by atoms with Gasteiger partial charge in [0.2, 0.25) is 5.91 Å². The second-order valence-corrected chi connectivity index (χ2v) is 18.2. The van der Waals surface area contributed by atoms with Crippen LogP contribution in [0, 0.1) is 0 Å². The van der Waals surface area contributed by atoms with Crippen molar-refractivity contribution in [2.24, 2.45) is 5.10 Å². The molecule has 1 amide bonds. The van der Waals surface area contributed by atoms with E-state index < -0.39 is 0 Å². The molecule has 5 aromatic rings. The highest BCUT2D eigenvalue weighted by molar-refractivity contribution is 8.76. The minimum atomic E-state index is -0.203. The first-order chi connectivity index (χ1) is 27.9. The Morgan fingerprint density at radius 2 is 1.86 bits per heavy atom. The van der Waals surface area contributed by atoms with Crippen molar-refractivity contribution in [3.63, 3.8) is 0 Å². The number of hydrogen-bond donors (Lipinski definition) is 1. The van der Waals surface area contributed by atoms with Gasteiger partial charge in [-0.25, -0.2) is 10.1 Å². The van der Waals surface area contributed by atoms with Gasteiger partial charge in [-0.3, -0.25) is 14.4 Å². The Labute approximate surface area is 348 Å². The topological polar surface area (TPSA) is 134 Å². The summed E-state index contributed by atoms with van der Waals surface area (Å²) in [6.07, 6.45) is 7.97. The summed E-state index contributed by atoms with van der Waals surface area (Å²) in [6.45, 7) is 0.661. The Hall–Kier alpha value is -4.70. The second-order valence-electron chi connectivity index (χ2n) is 13.0. The zero-order valence-electron chi connectivity index (χ0n) is 31.5. The van der Waals surface area contributed by atoms with Gasteiger partial charge in [0.25, 0.3) is 0 Å². The molecule has 6 rings (SSSR count). The molecule has 0 aliphatic carbocycles. The average molecular weight is 842 g/mol. The molecule has 0 atom stereocenters. The summed E-state index contributed by atoms with van der Waals surface area (Å²) in [6, 6.07) is 27.5. The molecule has 296 valence electrons. The van der Waals surface area contributed by atoms with E-state index in [1.165, 1.54) is 7.11 Å². The van der Waals surface area contributed by atoms with Crippen molar-refractivity contribution >= 4 is 67.6 Å². The number of methoxy groups -OCH3 is 1. The van der Waals surface area contributed by atoms with Crippen molar-refractivity contribution < 1.29 is 28.6 Å². The van der Waals surface area contributed by atoms with Gasteiger partial charge >= 0.3 is 5.97 Å². The average Bonchev–Trinajstić information content (AvgIpc) is 3.74. The number of carbonyl (C=O) groups excluding carboxylic acids is 3. The molecule has 1 aliphatic rings. The van der Waals surface area contributed by atoms with Gasteiger partial charge in [0, 0.05) is 46.6 Å². The molecule has 15 heteroatoms. The minimum Gasteiger partial charge on any atom is -0.489 e. The van der Waals surface area contributed by atoms with E-state index in [0.29, 0.717) is 60.1 Å². The lowest BCUT2D eigenvalue weighted by atomic mass is 10.1. The first-order valence-electron chi connectivity index (χ1n) is 18.4. The van der Waals surface area contributed by atoms with Crippen molar-refractivity contribution in [2.45, 2.75) is 56.8 Å². The van der Waals surface area contributed by atoms with Crippen LogP contribution < -0.4 is 14.9 Å². The van der Waals surface area contributed by atoms with Crippen molar-refractivity contribution in [1.82, 2.24) is 20.4 Å². The lowest BCUT2D eigenvalue weighted by Crippen LogP contribution is -2.16. The number of aldehydes is 1. The molecule has 4 aromatic carbocycles. The van der Waals surface area contributed by atoms with Crippen molar-refractivity contribution in [2.75, 3.05) is 18.6 Å². The van der Waals surface area contributed by atoms with Gasteiger partial charge in [0.05, 0.1) is 31.6 Å². The molecule has 0 fully saturated rings. The molecule has 4 bridgehead atoms. The van der Waals surface area contributed by atoms with E-state index >= 15 is 0 Å².